The van der Waals surface area contributed by atoms with Gasteiger partial charge in [0.2, 0.25) is 0 Å². The second kappa shape index (κ2) is 5.59. The standard InChI is InChI=1S/C10H10N4O2/c1-5-15-13-9(1)7-11-3-4-12-8-10-2-6-16-14-10/h1-2,5-8H,3-4H2/b11-7+,12-8+. The Morgan fingerprint density at radius 1 is 0.938 bits per heavy atom. The Balaban J connectivity index is 1.69. The zero-order valence-electron chi connectivity index (χ0n) is 8.48. The number of hydrogen-bond acceptors (Lipinski definition) is 6. The van der Waals surface area contributed by atoms with Crippen molar-refractivity contribution in [2.75, 3.05) is 13.1 Å². The Bertz CT molecular complexity index is 401. The van der Waals surface area contributed by atoms with E-state index >= 15 is 0 Å². The number of aromatic nitrogens is 2. The van der Waals surface area contributed by atoms with Gasteiger partial charge in [-0.25, -0.2) is 0 Å². The van der Waals surface area contributed by atoms with E-state index in [4.69, 9.17) is 0 Å². The lowest BCUT2D eigenvalue weighted by Gasteiger charge is -1.86. The molecule has 0 saturated heterocycles. The molecule has 0 atom stereocenters. The normalized spacial score (nSPS) is 11.8. The van der Waals surface area contributed by atoms with Crippen molar-refractivity contribution >= 4 is 12.4 Å². The molecule has 0 radical (unpaired) electrons. The number of aliphatic imine (C=N–C) groups is 2. The topological polar surface area (TPSA) is 76.8 Å². The van der Waals surface area contributed by atoms with Crippen LogP contribution in [-0.4, -0.2) is 35.8 Å². The Morgan fingerprint density at radius 2 is 1.44 bits per heavy atom. The molecule has 0 aliphatic carbocycles. The molecule has 0 aliphatic rings. The molecule has 2 rings (SSSR count). The molecular weight excluding hydrogens is 208 g/mol. The molecule has 0 bridgehead atoms. The molecule has 0 spiro atoms. The summed E-state index contributed by atoms with van der Waals surface area (Å²) in [6, 6.07) is 3.48. The molecule has 0 saturated carbocycles. The van der Waals surface area contributed by atoms with Gasteiger partial charge in [0, 0.05) is 12.1 Å². The zero-order chi connectivity index (χ0) is 11.1. The van der Waals surface area contributed by atoms with Crippen molar-refractivity contribution in [3.8, 4) is 0 Å². The maximum absolute atomic E-state index is 4.65. The Hall–Kier alpha value is -2.24. The highest BCUT2D eigenvalue weighted by molar-refractivity contribution is 5.77. The SMILES string of the molecule is C(=N\CC/N=C/c1ccon1)/c1ccon1. The molecule has 82 valence electrons. The minimum absolute atomic E-state index is 0.598. The van der Waals surface area contributed by atoms with E-state index in [0.29, 0.717) is 24.5 Å². The van der Waals surface area contributed by atoms with E-state index in [9.17, 15) is 0 Å². The molecule has 2 aromatic heterocycles. The summed E-state index contributed by atoms with van der Waals surface area (Å²) in [6.45, 7) is 1.20. The Labute approximate surface area is 91.7 Å². The van der Waals surface area contributed by atoms with Crippen molar-refractivity contribution < 1.29 is 9.05 Å². The number of hydrogen-bond donors (Lipinski definition) is 0. The molecule has 6 nitrogen and oxygen atoms in total. The molecule has 0 amide bonds. The first-order chi connectivity index (χ1) is 7.95. The summed E-state index contributed by atoms with van der Waals surface area (Å²) in [4.78, 5) is 8.26. The summed E-state index contributed by atoms with van der Waals surface area (Å²) in [7, 11) is 0. The summed E-state index contributed by atoms with van der Waals surface area (Å²) in [5, 5.41) is 7.38. The lowest BCUT2D eigenvalue weighted by atomic mass is 10.5. The fourth-order valence-electron chi connectivity index (χ4n) is 1.01. The minimum Gasteiger partial charge on any atom is -0.364 e. The van der Waals surface area contributed by atoms with Gasteiger partial charge in [0.15, 0.2) is 0 Å². The summed E-state index contributed by atoms with van der Waals surface area (Å²) in [6.07, 6.45) is 6.30. The van der Waals surface area contributed by atoms with Gasteiger partial charge in [-0.3, -0.25) is 9.98 Å². The van der Waals surface area contributed by atoms with E-state index < -0.39 is 0 Å². The summed E-state index contributed by atoms with van der Waals surface area (Å²) in [5.74, 6) is 0. The van der Waals surface area contributed by atoms with Crippen LogP contribution >= 0.6 is 0 Å². The van der Waals surface area contributed by atoms with Crippen molar-refractivity contribution in [3.63, 3.8) is 0 Å². The van der Waals surface area contributed by atoms with Crippen molar-refractivity contribution in [2.45, 2.75) is 0 Å². The molecule has 0 N–H and O–H groups in total. The average molecular weight is 218 g/mol. The lowest BCUT2D eigenvalue weighted by Crippen LogP contribution is -1.90. The molecule has 2 aromatic rings. The van der Waals surface area contributed by atoms with E-state index in [1.165, 1.54) is 12.5 Å². The molecule has 6 heteroatoms. The molecular formula is C10H10N4O2. The lowest BCUT2D eigenvalue weighted by molar-refractivity contribution is 0.418. The molecule has 0 unspecified atom stereocenters. The van der Waals surface area contributed by atoms with Crippen LogP contribution in [0.4, 0.5) is 0 Å². The second-order valence-electron chi connectivity index (χ2n) is 2.92. The van der Waals surface area contributed by atoms with Gasteiger partial charge < -0.3 is 9.05 Å². The maximum Gasteiger partial charge on any atom is 0.124 e. The zero-order valence-corrected chi connectivity index (χ0v) is 8.48. The van der Waals surface area contributed by atoms with Crippen LogP contribution in [0.5, 0.6) is 0 Å². The largest absolute Gasteiger partial charge is 0.364 e. The van der Waals surface area contributed by atoms with Crippen molar-refractivity contribution in [3.05, 3.63) is 36.0 Å². The summed E-state index contributed by atoms with van der Waals surface area (Å²) >= 11 is 0. The van der Waals surface area contributed by atoms with Gasteiger partial charge >= 0.3 is 0 Å². The minimum atomic E-state index is 0.598. The highest BCUT2D eigenvalue weighted by Crippen LogP contribution is 1.90. The van der Waals surface area contributed by atoms with Gasteiger partial charge in [-0.15, -0.1) is 0 Å². The average Bonchev–Trinajstić information content (AvgIpc) is 2.96. The van der Waals surface area contributed by atoms with Crippen LogP contribution in [0.15, 0.2) is 43.7 Å². The Kier molecular flexibility index (Phi) is 3.60. The van der Waals surface area contributed by atoms with Crippen LogP contribution in [0, 0.1) is 0 Å². The highest BCUT2D eigenvalue weighted by Gasteiger charge is 1.89. The third-order valence-corrected chi connectivity index (χ3v) is 1.72. The molecule has 0 fully saturated rings. The first-order valence-corrected chi connectivity index (χ1v) is 4.75. The van der Waals surface area contributed by atoms with Crippen LogP contribution in [0.1, 0.15) is 11.4 Å². The summed E-state index contributed by atoms with van der Waals surface area (Å²) < 4.78 is 9.30. The first kappa shape index (κ1) is 10.3. The van der Waals surface area contributed by atoms with Crippen LogP contribution in [0.2, 0.25) is 0 Å². The van der Waals surface area contributed by atoms with E-state index in [1.807, 2.05) is 0 Å². The smallest absolute Gasteiger partial charge is 0.124 e. The number of rotatable bonds is 5. The third-order valence-electron chi connectivity index (χ3n) is 1.72. The van der Waals surface area contributed by atoms with E-state index in [1.54, 1.807) is 24.6 Å². The van der Waals surface area contributed by atoms with Crippen molar-refractivity contribution in [2.24, 2.45) is 9.98 Å². The predicted octanol–water partition coefficient (Wildman–Crippen LogP) is 1.20. The fraction of sp³-hybridized carbons (Fsp3) is 0.200. The van der Waals surface area contributed by atoms with Crippen LogP contribution < -0.4 is 0 Å². The van der Waals surface area contributed by atoms with Gasteiger partial charge in [0.05, 0.1) is 25.5 Å². The summed E-state index contributed by atoms with van der Waals surface area (Å²) in [5.41, 5.74) is 1.42. The van der Waals surface area contributed by atoms with Crippen LogP contribution in [0.3, 0.4) is 0 Å². The van der Waals surface area contributed by atoms with Gasteiger partial charge in [-0.05, 0) is 0 Å². The van der Waals surface area contributed by atoms with Gasteiger partial charge in [0.25, 0.3) is 0 Å². The number of nitrogens with zero attached hydrogens (tertiary/aromatic N) is 4. The quantitative estimate of drug-likeness (QED) is 0.558. The van der Waals surface area contributed by atoms with Gasteiger partial charge in [-0.2, -0.15) is 0 Å². The predicted molar refractivity (Wildman–Crippen MR) is 57.9 cm³/mol. The fourth-order valence-corrected chi connectivity index (χ4v) is 1.01. The maximum atomic E-state index is 4.65. The van der Waals surface area contributed by atoms with Gasteiger partial charge in [0.1, 0.15) is 23.9 Å². The van der Waals surface area contributed by atoms with E-state index in [2.05, 4.69) is 29.3 Å². The first-order valence-electron chi connectivity index (χ1n) is 4.75. The van der Waals surface area contributed by atoms with Gasteiger partial charge in [-0.1, -0.05) is 10.3 Å². The van der Waals surface area contributed by atoms with Crippen molar-refractivity contribution in [1.82, 2.24) is 10.3 Å². The molecule has 0 aromatic carbocycles. The monoisotopic (exact) mass is 218 g/mol. The Morgan fingerprint density at radius 3 is 1.81 bits per heavy atom. The van der Waals surface area contributed by atoms with E-state index in [-0.39, 0.29) is 0 Å². The molecule has 16 heavy (non-hydrogen) atoms. The van der Waals surface area contributed by atoms with Crippen LogP contribution in [-0.2, 0) is 0 Å². The highest BCUT2D eigenvalue weighted by atomic mass is 16.5. The second-order valence-corrected chi connectivity index (χ2v) is 2.92. The van der Waals surface area contributed by atoms with E-state index in [0.717, 1.165) is 0 Å². The molecule has 0 aliphatic heterocycles. The molecule has 2 heterocycles. The van der Waals surface area contributed by atoms with Crippen LogP contribution in [0.25, 0.3) is 0 Å². The van der Waals surface area contributed by atoms with Crippen molar-refractivity contribution in [1.29, 1.82) is 0 Å². The third kappa shape index (κ3) is 3.16.